The van der Waals surface area contributed by atoms with Gasteiger partial charge in [0.25, 0.3) is 0 Å². The Kier molecular flexibility index (Phi) is 2.06. The summed E-state index contributed by atoms with van der Waals surface area (Å²) in [5.41, 5.74) is 0. The number of carbonyl (C=O) groups excluding carboxylic acids is 1. The second-order valence-corrected chi connectivity index (χ2v) is 2.15. The van der Waals surface area contributed by atoms with Gasteiger partial charge in [0.1, 0.15) is 0 Å². The van der Waals surface area contributed by atoms with Crippen LogP contribution < -0.4 is 0 Å². The van der Waals surface area contributed by atoms with E-state index in [4.69, 9.17) is 11.6 Å². The van der Waals surface area contributed by atoms with E-state index in [1.165, 1.54) is 10.8 Å². The maximum Gasteiger partial charge on any atom is 0.232 e. The normalized spacial score (nSPS) is 9.80. The zero-order valence-electron chi connectivity index (χ0n) is 5.54. The van der Waals surface area contributed by atoms with Crippen LogP contribution in [0.5, 0.6) is 0 Å². The SMILES string of the molecule is CCC(=O)n1ccnc1Cl. The van der Waals surface area contributed by atoms with Gasteiger partial charge >= 0.3 is 0 Å². The summed E-state index contributed by atoms with van der Waals surface area (Å²) >= 11 is 5.54. The second-order valence-electron chi connectivity index (χ2n) is 1.81. The highest BCUT2D eigenvalue weighted by Gasteiger charge is 2.04. The maximum atomic E-state index is 10.9. The van der Waals surface area contributed by atoms with Gasteiger partial charge in [-0.2, -0.15) is 0 Å². The van der Waals surface area contributed by atoms with Crippen molar-refractivity contribution < 1.29 is 4.79 Å². The molecule has 0 aliphatic rings. The van der Waals surface area contributed by atoms with Crippen LogP contribution in [0.2, 0.25) is 5.28 Å². The number of rotatable bonds is 1. The van der Waals surface area contributed by atoms with E-state index in [-0.39, 0.29) is 11.2 Å². The molecule has 4 heteroatoms. The van der Waals surface area contributed by atoms with E-state index in [2.05, 4.69) is 4.98 Å². The van der Waals surface area contributed by atoms with Crippen LogP contribution in [0.4, 0.5) is 0 Å². The number of hydrogen-bond acceptors (Lipinski definition) is 2. The van der Waals surface area contributed by atoms with Gasteiger partial charge in [0, 0.05) is 18.8 Å². The van der Waals surface area contributed by atoms with Crippen LogP contribution in [0, 0.1) is 0 Å². The van der Waals surface area contributed by atoms with Crippen molar-refractivity contribution in [3.63, 3.8) is 0 Å². The molecule has 0 aliphatic carbocycles. The molecule has 0 atom stereocenters. The van der Waals surface area contributed by atoms with Crippen molar-refractivity contribution in [2.45, 2.75) is 13.3 Å². The minimum atomic E-state index is -0.0394. The smallest absolute Gasteiger partial charge is 0.232 e. The van der Waals surface area contributed by atoms with Crippen LogP contribution >= 0.6 is 11.6 Å². The maximum absolute atomic E-state index is 10.9. The van der Waals surface area contributed by atoms with Crippen molar-refractivity contribution in [2.75, 3.05) is 0 Å². The Balaban J connectivity index is 2.93. The first-order valence-electron chi connectivity index (χ1n) is 2.97. The van der Waals surface area contributed by atoms with Crippen molar-refractivity contribution in [1.29, 1.82) is 0 Å². The van der Waals surface area contributed by atoms with Gasteiger partial charge in [-0.15, -0.1) is 0 Å². The van der Waals surface area contributed by atoms with Crippen molar-refractivity contribution >= 4 is 17.5 Å². The molecule has 0 amide bonds. The Hall–Kier alpha value is -0.830. The number of aromatic nitrogens is 2. The van der Waals surface area contributed by atoms with Gasteiger partial charge in [-0.3, -0.25) is 9.36 Å². The predicted molar refractivity (Wildman–Crippen MR) is 38.2 cm³/mol. The van der Waals surface area contributed by atoms with Crippen molar-refractivity contribution in [1.82, 2.24) is 9.55 Å². The Morgan fingerprint density at radius 1 is 1.90 bits per heavy atom. The molecule has 54 valence electrons. The summed E-state index contributed by atoms with van der Waals surface area (Å²) in [6, 6.07) is 0. The standard InChI is InChI=1S/C6H7ClN2O/c1-2-5(10)9-4-3-8-6(9)7/h3-4H,2H2,1H3. The van der Waals surface area contributed by atoms with Gasteiger partial charge in [-0.25, -0.2) is 4.98 Å². The molecular formula is C6H7ClN2O. The molecule has 0 aliphatic heterocycles. The van der Waals surface area contributed by atoms with Crippen LogP contribution in [0.3, 0.4) is 0 Å². The zero-order chi connectivity index (χ0) is 7.56. The van der Waals surface area contributed by atoms with Crippen molar-refractivity contribution in [3.05, 3.63) is 17.7 Å². The molecule has 0 spiro atoms. The Bertz CT molecular complexity index is 244. The average Bonchev–Trinajstić information content (AvgIpc) is 2.34. The third-order valence-corrected chi connectivity index (χ3v) is 1.45. The fourth-order valence-corrected chi connectivity index (χ4v) is 0.849. The van der Waals surface area contributed by atoms with E-state index in [0.29, 0.717) is 6.42 Å². The molecule has 0 saturated carbocycles. The molecule has 0 fully saturated rings. The number of imidazole rings is 1. The van der Waals surface area contributed by atoms with Gasteiger partial charge in [0.15, 0.2) is 0 Å². The zero-order valence-corrected chi connectivity index (χ0v) is 6.30. The van der Waals surface area contributed by atoms with Crippen LogP contribution in [0.25, 0.3) is 0 Å². The minimum Gasteiger partial charge on any atom is -0.274 e. The van der Waals surface area contributed by atoms with Crippen molar-refractivity contribution in [3.8, 4) is 0 Å². The quantitative estimate of drug-likeness (QED) is 0.622. The fraction of sp³-hybridized carbons (Fsp3) is 0.333. The topological polar surface area (TPSA) is 34.9 Å². The lowest BCUT2D eigenvalue weighted by Crippen LogP contribution is -2.07. The van der Waals surface area contributed by atoms with Gasteiger partial charge in [0.05, 0.1) is 0 Å². The summed E-state index contributed by atoms with van der Waals surface area (Å²) in [5.74, 6) is -0.0394. The van der Waals surface area contributed by atoms with Gasteiger partial charge in [-0.05, 0) is 11.6 Å². The van der Waals surface area contributed by atoms with E-state index < -0.39 is 0 Å². The lowest BCUT2D eigenvalue weighted by Gasteiger charge is -1.96. The fourth-order valence-electron chi connectivity index (χ4n) is 0.642. The van der Waals surface area contributed by atoms with E-state index in [0.717, 1.165) is 0 Å². The molecule has 10 heavy (non-hydrogen) atoms. The van der Waals surface area contributed by atoms with Crippen LogP contribution in [-0.4, -0.2) is 15.5 Å². The third-order valence-electron chi connectivity index (χ3n) is 1.17. The monoisotopic (exact) mass is 158 g/mol. The van der Waals surface area contributed by atoms with Gasteiger partial charge < -0.3 is 0 Å². The second kappa shape index (κ2) is 2.84. The molecule has 0 bridgehead atoms. The summed E-state index contributed by atoms with van der Waals surface area (Å²) in [7, 11) is 0. The van der Waals surface area contributed by atoms with Crippen LogP contribution in [0.1, 0.15) is 18.1 Å². The molecule has 0 aromatic carbocycles. The number of nitrogens with zero attached hydrogens (tertiary/aromatic N) is 2. The first-order chi connectivity index (χ1) is 4.75. The third kappa shape index (κ3) is 1.19. The summed E-state index contributed by atoms with van der Waals surface area (Å²) in [6.07, 6.45) is 3.49. The predicted octanol–water partition coefficient (Wildman–Crippen LogP) is 1.59. The van der Waals surface area contributed by atoms with E-state index in [1.54, 1.807) is 13.1 Å². The van der Waals surface area contributed by atoms with Crippen LogP contribution in [0.15, 0.2) is 12.4 Å². The van der Waals surface area contributed by atoms with E-state index in [9.17, 15) is 4.79 Å². The Morgan fingerprint density at radius 3 is 3.00 bits per heavy atom. The number of halogens is 1. The molecule has 1 heterocycles. The van der Waals surface area contributed by atoms with Crippen LogP contribution in [-0.2, 0) is 0 Å². The van der Waals surface area contributed by atoms with E-state index >= 15 is 0 Å². The molecular weight excluding hydrogens is 152 g/mol. The molecule has 1 rings (SSSR count). The molecule has 0 radical (unpaired) electrons. The van der Waals surface area contributed by atoms with Crippen molar-refractivity contribution in [2.24, 2.45) is 0 Å². The Labute approximate surface area is 63.6 Å². The van der Waals surface area contributed by atoms with Gasteiger partial charge in [0.2, 0.25) is 11.2 Å². The molecule has 1 aromatic rings. The summed E-state index contributed by atoms with van der Waals surface area (Å²) in [5, 5.41) is 0.229. The lowest BCUT2D eigenvalue weighted by atomic mass is 10.4. The highest BCUT2D eigenvalue weighted by atomic mass is 35.5. The minimum absolute atomic E-state index is 0.0394. The lowest BCUT2D eigenvalue weighted by molar-refractivity contribution is 0.0909. The molecule has 1 aromatic heterocycles. The highest BCUT2D eigenvalue weighted by Crippen LogP contribution is 2.04. The average molecular weight is 159 g/mol. The van der Waals surface area contributed by atoms with E-state index in [1.807, 2.05) is 0 Å². The molecule has 3 nitrogen and oxygen atoms in total. The van der Waals surface area contributed by atoms with Gasteiger partial charge in [-0.1, -0.05) is 6.92 Å². The number of hydrogen-bond donors (Lipinski definition) is 0. The molecule has 0 unspecified atom stereocenters. The molecule has 0 N–H and O–H groups in total. The molecule has 0 saturated heterocycles. The summed E-state index contributed by atoms with van der Waals surface area (Å²) < 4.78 is 1.32. The summed E-state index contributed by atoms with van der Waals surface area (Å²) in [4.78, 5) is 14.6. The Morgan fingerprint density at radius 2 is 2.60 bits per heavy atom. The highest BCUT2D eigenvalue weighted by molar-refractivity contribution is 6.29. The largest absolute Gasteiger partial charge is 0.274 e. The number of carbonyl (C=O) groups is 1. The first-order valence-corrected chi connectivity index (χ1v) is 3.35. The first kappa shape index (κ1) is 7.28. The summed E-state index contributed by atoms with van der Waals surface area (Å²) in [6.45, 7) is 1.78.